The topological polar surface area (TPSA) is 107 Å². The second kappa shape index (κ2) is 6.66. The van der Waals surface area contributed by atoms with Gasteiger partial charge in [-0.3, -0.25) is 5.43 Å². The van der Waals surface area contributed by atoms with E-state index >= 15 is 0 Å². The number of nitrogens with zero attached hydrogens (tertiary/aromatic N) is 3. The summed E-state index contributed by atoms with van der Waals surface area (Å²) in [6.45, 7) is 2.20. The van der Waals surface area contributed by atoms with Crippen LogP contribution in [0.1, 0.15) is 6.92 Å². The predicted molar refractivity (Wildman–Crippen MR) is 75.0 cm³/mol. The fourth-order valence-electron chi connectivity index (χ4n) is 1.56. The van der Waals surface area contributed by atoms with Crippen molar-refractivity contribution in [2.75, 3.05) is 24.5 Å². The van der Waals surface area contributed by atoms with Crippen molar-refractivity contribution in [2.24, 2.45) is 5.84 Å². The molecule has 9 heteroatoms. The molecule has 8 nitrogen and oxygen atoms in total. The first-order valence-corrected chi connectivity index (χ1v) is 6.12. The molecule has 0 saturated heterocycles. The number of benzene rings is 1. The first-order valence-electron chi connectivity index (χ1n) is 6.12. The second-order valence-electron chi connectivity index (χ2n) is 3.81. The van der Waals surface area contributed by atoms with Crippen LogP contribution in [0.5, 0.6) is 11.8 Å². The Morgan fingerprint density at radius 3 is 2.67 bits per heavy atom. The van der Waals surface area contributed by atoms with E-state index in [1.54, 1.807) is 6.92 Å². The number of hydrazine groups is 1. The van der Waals surface area contributed by atoms with Gasteiger partial charge in [0.15, 0.2) is 0 Å². The summed E-state index contributed by atoms with van der Waals surface area (Å²) in [5, 5.41) is 2.89. The van der Waals surface area contributed by atoms with E-state index in [0.717, 1.165) is 0 Å². The van der Waals surface area contributed by atoms with Crippen molar-refractivity contribution in [3.8, 4) is 11.8 Å². The van der Waals surface area contributed by atoms with Crippen molar-refractivity contribution in [2.45, 2.75) is 6.92 Å². The summed E-state index contributed by atoms with van der Waals surface area (Å²) in [5.41, 5.74) is 2.81. The van der Waals surface area contributed by atoms with E-state index in [-0.39, 0.29) is 17.9 Å². The van der Waals surface area contributed by atoms with Crippen LogP contribution in [0.4, 0.5) is 22.0 Å². The number of anilines is 3. The summed E-state index contributed by atoms with van der Waals surface area (Å²) in [6.07, 6.45) is 0. The van der Waals surface area contributed by atoms with Crippen LogP contribution in [0.3, 0.4) is 0 Å². The van der Waals surface area contributed by atoms with E-state index in [9.17, 15) is 4.39 Å². The SMILES string of the molecule is CCOc1nc(NN)nc(Nc2ccc(F)cc2OC)n1. The minimum Gasteiger partial charge on any atom is -0.494 e. The quantitative estimate of drug-likeness (QED) is 0.543. The molecule has 0 amide bonds. The van der Waals surface area contributed by atoms with Crippen LogP contribution in [-0.2, 0) is 0 Å². The molecule has 0 unspecified atom stereocenters. The molecule has 112 valence electrons. The lowest BCUT2D eigenvalue weighted by molar-refractivity contribution is 0.312. The van der Waals surface area contributed by atoms with E-state index in [2.05, 4.69) is 25.7 Å². The van der Waals surface area contributed by atoms with E-state index < -0.39 is 5.82 Å². The number of hydrogen-bond donors (Lipinski definition) is 3. The highest BCUT2D eigenvalue weighted by Gasteiger charge is 2.10. The molecule has 0 saturated carbocycles. The van der Waals surface area contributed by atoms with Gasteiger partial charge in [0.2, 0.25) is 11.9 Å². The lowest BCUT2D eigenvalue weighted by Gasteiger charge is -2.11. The average Bonchev–Trinajstić information content (AvgIpc) is 2.49. The Labute approximate surface area is 120 Å². The van der Waals surface area contributed by atoms with Crippen molar-refractivity contribution in [1.82, 2.24) is 15.0 Å². The van der Waals surface area contributed by atoms with Gasteiger partial charge < -0.3 is 14.8 Å². The van der Waals surface area contributed by atoms with Crippen LogP contribution in [0, 0.1) is 5.82 Å². The van der Waals surface area contributed by atoms with Gasteiger partial charge in [-0.25, -0.2) is 10.2 Å². The summed E-state index contributed by atoms with van der Waals surface area (Å²) in [7, 11) is 1.44. The Balaban J connectivity index is 2.32. The fraction of sp³-hybridized carbons (Fsp3) is 0.250. The Morgan fingerprint density at radius 1 is 1.24 bits per heavy atom. The van der Waals surface area contributed by atoms with Crippen LogP contribution in [0.2, 0.25) is 0 Å². The molecule has 0 atom stereocenters. The number of nitrogens with two attached hydrogens (primary N) is 1. The van der Waals surface area contributed by atoms with Crippen molar-refractivity contribution < 1.29 is 13.9 Å². The maximum absolute atomic E-state index is 13.2. The Hall–Kier alpha value is -2.68. The molecule has 1 aromatic carbocycles. The molecule has 2 aromatic rings. The Bertz CT molecular complexity index is 625. The van der Waals surface area contributed by atoms with Gasteiger partial charge in [0.05, 0.1) is 19.4 Å². The third-order valence-electron chi connectivity index (χ3n) is 2.43. The normalized spacial score (nSPS) is 10.1. The molecular formula is C12H15FN6O2. The highest BCUT2D eigenvalue weighted by molar-refractivity contribution is 5.63. The molecule has 2 rings (SSSR count). The van der Waals surface area contributed by atoms with Crippen molar-refractivity contribution in [3.63, 3.8) is 0 Å². The van der Waals surface area contributed by atoms with Gasteiger partial charge in [0.1, 0.15) is 11.6 Å². The summed E-state index contributed by atoms with van der Waals surface area (Å²) in [4.78, 5) is 12.0. The number of rotatable bonds is 6. The summed E-state index contributed by atoms with van der Waals surface area (Å²) < 4.78 is 23.5. The molecule has 21 heavy (non-hydrogen) atoms. The zero-order valence-electron chi connectivity index (χ0n) is 11.6. The summed E-state index contributed by atoms with van der Waals surface area (Å²) >= 11 is 0. The van der Waals surface area contributed by atoms with Crippen molar-refractivity contribution in [1.29, 1.82) is 0 Å². The van der Waals surface area contributed by atoms with Gasteiger partial charge in [-0.15, -0.1) is 0 Å². The number of methoxy groups -OCH3 is 1. The van der Waals surface area contributed by atoms with Crippen LogP contribution >= 0.6 is 0 Å². The second-order valence-corrected chi connectivity index (χ2v) is 3.81. The number of nitrogens with one attached hydrogen (secondary N) is 2. The average molecular weight is 294 g/mol. The molecule has 0 aliphatic rings. The first kappa shape index (κ1) is 14.7. The zero-order chi connectivity index (χ0) is 15.2. The third kappa shape index (κ3) is 3.66. The molecule has 1 heterocycles. The van der Waals surface area contributed by atoms with E-state index in [0.29, 0.717) is 18.0 Å². The van der Waals surface area contributed by atoms with Gasteiger partial charge in [0.25, 0.3) is 0 Å². The van der Waals surface area contributed by atoms with Gasteiger partial charge in [-0.05, 0) is 19.1 Å². The largest absolute Gasteiger partial charge is 0.494 e. The van der Waals surface area contributed by atoms with Crippen LogP contribution in [-0.4, -0.2) is 28.7 Å². The molecule has 0 bridgehead atoms. The molecule has 0 fully saturated rings. The molecular weight excluding hydrogens is 279 g/mol. The predicted octanol–water partition coefficient (Wildman–Crippen LogP) is 1.45. The van der Waals surface area contributed by atoms with Crippen LogP contribution in [0.25, 0.3) is 0 Å². The smallest absolute Gasteiger partial charge is 0.323 e. The summed E-state index contributed by atoms with van der Waals surface area (Å²) in [6, 6.07) is 4.16. The van der Waals surface area contributed by atoms with Gasteiger partial charge in [0, 0.05) is 6.07 Å². The van der Waals surface area contributed by atoms with E-state index in [1.165, 1.54) is 25.3 Å². The number of hydrogen-bond acceptors (Lipinski definition) is 8. The maximum atomic E-state index is 13.2. The first-order chi connectivity index (χ1) is 10.2. The zero-order valence-corrected chi connectivity index (χ0v) is 11.6. The van der Waals surface area contributed by atoms with Crippen LogP contribution < -0.4 is 26.1 Å². The van der Waals surface area contributed by atoms with Gasteiger partial charge in [-0.1, -0.05) is 0 Å². The molecule has 0 aliphatic heterocycles. The minimum absolute atomic E-state index is 0.115. The van der Waals surface area contributed by atoms with Gasteiger partial charge >= 0.3 is 6.01 Å². The molecule has 0 aliphatic carbocycles. The molecule has 4 N–H and O–H groups in total. The summed E-state index contributed by atoms with van der Waals surface area (Å²) in [5.74, 6) is 5.52. The van der Waals surface area contributed by atoms with Gasteiger partial charge in [-0.2, -0.15) is 15.0 Å². The lowest BCUT2D eigenvalue weighted by Crippen LogP contribution is -2.13. The molecule has 1 aromatic heterocycles. The fourth-order valence-corrected chi connectivity index (χ4v) is 1.56. The van der Waals surface area contributed by atoms with Crippen molar-refractivity contribution in [3.05, 3.63) is 24.0 Å². The highest BCUT2D eigenvalue weighted by Crippen LogP contribution is 2.27. The Kier molecular flexibility index (Phi) is 4.67. The minimum atomic E-state index is -0.410. The van der Waals surface area contributed by atoms with E-state index in [4.69, 9.17) is 15.3 Å². The molecule has 0 spiro atoms. The van der Waals surface area contributed by atoms with Crippen LogP contribution in [0.15, 0.2) is 18.2 Å². The number of ether oxygens (including phenoxy) is 2. The highest BCUT2D eigenvalue weighted by atomic mass is 19.1. The number of nitrogen functional groups attached to an aromatic ring is 1. The van der Waals surface area contributed by atoms with E-state index in [1.807, 2.05) is 0 Å². The maximum Gasteiger partial charge on any atom is 0.323 e. The monoisotopic (exact) mass is 294 g/mol. The number of aromatic nitrogens is 3. The third-order valence-corrected chi connectivity index (χ3v) is 2.43. The number of halogens is 1. The lowest BCUT2D eigenvalue weighted by atomic mass is 10.3. The molecule has 0 radical (unpaired) electrons. The van der Waals surface area contributed by atoms with Crippen molar-refractivity contribution >= 4 is 17.6 Å². The standard InChI is InChI=1S/C12H15FN6O2/c1-3-21-12-17-10(16-11(18-12)19-14)15-8-5-4-7(13)6-9(8)20-2/h4-6H,3,14H2,1-2H3,(H2,15,16,17,18,19). The Morgan fingerprint density at radius 2 is 2.00 bits per heavy atom.